The van der Waals surface area contributed by atoms with Crippen molar-refractivity contribution in [3.05, 3.63) is 45.0 Å². The second-order valence-electron chi connectivity index (χ2n) is 4.49. The molecular weight excluding hydrogens is 356 g/mol. The molecule has 1 aromatic carbocycles. The van der Waals surface area contributed by atoms with Gasteiger partial charge in [0.2, 0.25) is 0 Å². The van der Waals surface area contributed by atoms with Crippen molar-refractivity contribution in [2.24, 2.45) is 0 Å². The first-order chi connectivity index (χ1) is 9.70. The van der Waals surface area contributed by atoms with Crippen LogP contribution in [0.15, 0.2) is 34.1 Å². The van der Waals surface area contributed by atoms with E-state index < -0.39 is 0 Å². The third-order valence-corrected chi connectivity index (χ3v) is 5.39. The van der Waals surface area contributed by atoms with Crippen molar-refractivity contribution in [3.63, 3.8) is 0 Å². The lowest BCUT2D eigenvalue weighted by Crippen LogP contribution is -1.98. The number of hydrogen-bond acceptors (Lipinski definition) is 3. The summed E-state index contributed by atoms with van der Waals surface area (Å²) in [5.41, 5.74) is 2.02. The van der Waals surface area contributed by atoms with E-state index in [1.807, 2.05) is 12.1 Å². The fraction of sp³-hybridized carbons (Fsp3) is 0.200. The van der Waals surface area contributed by atoms with E-state index in [2.05, 4.69) is 50.3 Å². The normalized spacial score (nSPS) is 11.2. The average Bonchev–Trinajstić information content (AvgIpc) is 2.88. The molecule has 0 aliphatic heterocycles. The number of aromatic nitrogens is 2. The van der Waals surface area contributed by atoms with Gasteiger partial charge in [0.25, 0.3) is 0 Å². The van der Waals surface area contributed by atoms with Crippen LogP contribution in [-0.4, -0.2) is 9.97 Å². The largest absolute Gasteiger partial charge is 0.232 e. The predicted octanol–water partition coefficient (Wildman–Crippen LogP) is 5.73. The van der Waals surface area contributed by atoms with Crippen LogP contribution in [0.4, 0.5) is 0 Å². The molecule has 0 N–H and O–H groups in total. The predicted molar refractivity (Wildman–Crippen MR) is 89.6 cm³/mol. The SMILES string of the molecule is CCCc1nc(-c2csc3ccccc23)nc(Cl)c1Br. The highest BCUT2D eigenvalue weighted by atomic mass is 79.9. The van der Waals surface area contributed by atoms with E-state index in [0.717, 1.165) is 28.6 Å². The summed E-state index contributed by atoms with van der Waals surface area (Å²) in [6.45, 7) is 2.13. The van der Waals surface area contributed by atoms with Crippen LogP contribution in [0, 0.1) is 0 Å². The zero-order valence-corrected chi connectivity index (χ0v) is 14.0. The van der Waals surface area contributed by atoms with Gasteiger partial charge in [-0.25, -0.2) is 9.97 Å². The molecule has 3 aromatic rings. The number of nitrogens with zero attached hydrogens (tertiary/aromatic N) is 2. The summed E-state index contributed by atoms with van der Waals surface area (Å²) in [4.78, 5) is 9.10. The van der Waals surface area contributed by atoms with Gasteiger partial charge in [0.05, 0.1) is 10.2 Å². The van der Waals surface area contributed by atoms with E-state index in [1.165, 1.54) is 10.1 Å². The van der Waals surface area contributed by atoms with Crippen molar-refractivity contribution in [2.45, 2.75) is 19.8 Å². The highest BCUT2D eigenvalue weighted by molar-refractivity contribution is 9.10. The van der Waals surface area contributed by atoms with Gasteiger partial charge in [-0.1, -0.05) is 43.1 Å². The molecule has 0 saturated heterocycles. The lowest BCUT2D eigenvalue weighted by molar-refractivity contribution is 0.868. The molecule has 102 valence electrons. The van der Waals surface area contributed by atoms with Gasteiger partial charge in [-0.15, -0.1) is 11.3 Å². The Labute approximate surface area is 135 Å². The number of halogens is 2. The monoisotopic (exact) mass is 366 g/mol. The second kappa shape index (κ2) is 5.80. The summed E-state index contributed by atoms with van der Waals surface area (Å²) in [6, 6.07) is 8.28. The summed E-state index contributed by atoms with van der Waals surface area (Å²) < 4.78 is 2.05. The van der Waals surface area contributed by atoms with Crippen LogP contribution >= 0.6 is 38.9 Å². The zero-order chi connectivity index (χ0) is 14.1. The Kier molecular flexibility index (Phi) is 4.06. The molecule has 5 heteroatoms. The lowest BCUT2D eigenvalue weighted by atomic mass is 10.1. The zero-order valence-electron chi connectivity index (χ0n) is 10.9. The van der Waals surface area contributed by atoms with Crippen molar-refractivity contribution in [2.75, 3.05) is 0 Å². The maximum atomic E-state index is 6.23. The molecule has 0 radical (unpaired) electrons. The Bertz CT molecular complexity index is 770. The van der Waals surface area contributed by atoms with Crippen molar-refractivity contribution >= 4 is 49.0 Å². The number of fused-ring (bicyclic) bond motifs is 1. The summed E-state index contributed by atoms with van der Waals surface area (Å²) >= 11 is 11.4. The van der Waals surface area contributed by atoms with Crippen molar-refractivity contribution in [1.29, 1.82) is 0 Å². The van der Waals surface area contributed by atoms with Crippen molar-refractivity contribution in [1.82, 2.24) is 9.97 Å². The van der Waals surface area contributed by atoms with Crippen molar-refractivity contribution < 1.29 is 0 Å². The number of aryl methyl sites for hydroxylation is 1. The van der Waals surface area contributed by atoms with Crippen LogP contribution < -0.4 is 0 Å². The van der Waals surface area contributed by atoms with E-state index >= 15 is 0 Å². The van der Waals surface area contributed by atoms with Gasteiger partial charge in [0.15, 0.2) is 5.82 Å². The highest BCUT2D eigenvalue weighted by Gasteiger charge is 2.14. The molecule has 0 unspecified atom stereocenters. The maximum absolute atomic E-state index is 6.23. The number of thiophene rings is 1. The molecule has 3 rings (SSSR count). The molecule has 20 heavy (non-hydrogen) atoms. The minimum absolute atomic E-state index is 0.480. The Morgan fingerprint density at radius 3 is 2.85 bits per heavy atom. The molecule has 2 nitrogen and oxygen atoms in total. The molecule has 0 amide bonds. The van der Waals surface area contributed by atoms with Gasteiger partial charge >= 0.3 is 0 Å². The van der Waals surface area contributed by atoms with Gasteiger partial charge in [0.1, 0.15) is 5.15 Å². The molecule has 0 aliphatic rings. The van der Waals surface area contributed by atoms with Gasteiger partial charge < -0.3 is 0 Å². The molecule has 0 bridgehead atoms. The van der Waals surface area contributed by atoms with Crippen LogP contribution in [0.25, 0.3) is 21.5 Å². The molecule has 0 spiro atoms. The maximum Gasteiger partial charge on any atom is 0.162 e. The molecule has 2 aromatic heterocycles. The molecule has 0 atom stereocenters. The Hall–Kier alpha value is -0.970. The summed E-state index contributed by atoms with van der Waals surface area (Å²) in [6.07, 6.45) is 1.91. The fourth-order valence-corrected chi connectivity index (χ4v) is 3.64. The van der Waals surface area contributed by atoms with Crippen LogP contribution in [0.2, 0.25) is 5.15 Å². The van der Waals surface area contributed by atoms with Crippen LogP contribution in [0.3, 0.4) is 0 Å². The average molecular weight is 368 g/mol. The summed E-state index contributed by atoms with van der Waals surface area (Å²) in [5, 5.41) is 3.76. The summed E-state index contributed by atoms with van der Waals surface area (Å²) in [7, 11) is 0. The van der Waals surface area contributed by atoms with Gasteiger partial charge in [-0.05, 0) is 28.4 Å². The minimum Gasteiger partial charge on any atom is -0.232 e. The van der Waals surface area contributed by atoms with E-state index in [0.29, 0.717) is 11.0 Å². The standard InChI is InChI=1S/C15H12BrClN2S/c1-2-5-11-13(16)14(17)19-15(18-11)10-8-20-12-7-4-3-6-9(10)12/h3-4,6-8H,2,5H2,1H3. The fourth-order valence-electron chi connectivity index (χ4n) is 2.14. The third kappa shape index (κ3) is 2.48. The van der Waals surface area contributed by atoms with Crippen LogP contribution in [-0.2, 0) is 6.42 Å². The van der Waals surface area contributed by atoms with E-state index in [4.69, 9.17) is 11.6 Å². The third-order valence-electron chi connectivity index (χ3n) is 3.09. The number of hydrogen-bond donors (Lipinski definition) is 0. The quantitative estimate of drug-likeness (QED) is 0.553. The Balaban J connectivity index is 2.19. The minimum atomic E-state index is 0.480. The molecule has 0 saturated carbocycles. The first kappa shape index (κ1) is 14.0. The highest BCUT2D eigenvalue weighted by Crippen LogP contribution is 2.34. The van der Waals surface area contributed by atoms with Gasteiger partial charge in [-0.2, -0.15) is 0 Å². The molecule has 0 fully saturated rings. The van der Waals surface area contributed by atoms with E-state index in [1.54, 1.807) is 11.3 Å². The number of benzene rings is 1. The second-order valence-corrected chi connectivity index (χ2v) is 6.56. The van der Waals surface area contributed by atoms with Crippen LogP contribution in [0.1, 0.15) is 19.0 Å². The molecular formula is C15H12BrClN2S. The first-order valence-electron chi connectivity index (χ1n) is 6.39. The van der Waals surface area contributed by atoms with E-state index in [-0.39, 0.29) is 0 Å². The Morgan fingerprint density at radius 1 is 1.25 bits per heavy atom. The Morgan fingerprint density at radius 2 is 2.05 bits per heavy atom. The first-order valence-corrected chi connectivity index (χ1v) is 8.44. The van der Waals surface area contributed by atoms with Crippen molar-refractivity contribution in [3.8, 4) is 11.4 Å². The molecule has 2 heterocycles. The lowest BCUT2D eigenvalue weighted by Gasteiger charge is -2.07. The van der Waals surface area contributed by atoms with Crippen LogP contribution in [0.5, 0.6) is 0 Å². The smallest absolute Gasteiger partial charge is 0.162 e. The topological polar surface area (TPSA) is 25.8 Å². The molecule has 0 aliphatic carbocycles. The van der Waals surface area contributed by atoms with Gasteiger partial charge in [0, 0.05) is 21.0 Å². The van der Waals surface area contributed by atoms with E-state index in [9.17, 15) is 0 Å². The number of rotatable bonds is 3. The summed E-state index contributed by atoms with van der Waals surface area (Å²) in [5.74, 6) is 0.708. The van der Waals surface area contributed by atoms with Gasteiger partial charge in [-0.3, -0.25) is 0 Å².